The summed E-state index contributed by atoms with van der Waals surface area (Å²) in [5.41, 5.74) is 0. The molecule has 0 radical (unpaired) electrons. The maximum Gasteiger partial charge on any atom is 0.216 e. The van der Waals surface area contributed by atoms with Crippen molar-refractivity contribution in [3.8, 4) is 0 Å². The zero-order valence-corrected chi connectivity index (χ0v) is 10.3. The van der Waals surface area contributed by atoms with E-state index in [1.807, 2.05) is 11.3 Å². The Morgan fingerprint density at radius 2 is 2.20 bits per heavy atom. The Bertz CT molecular complexity index is 322. The van der Waals surface area contributed by atoms with Crippen molar-refractivity contribution in [2.75, 3.05) is 13.1 Å². The van der Waals surface area contributed by atoms with Crippen molar-refractivity contribution >= 4 is 17.2 Å². The van der Waals surface area contributed by atoms with Crippen LogP contribution in [0.2, 0.25) is 0 Å². The molecule has 84 valence electrons. The smallest absolute Gasteiger partial charge is 0.216 e. The number of rotatable bonds is 5. The van der Waals surface area contributed by atoms with Gasteiger partial charge in [-0.25, -0.2) is 0 Å². The summed E-state index contributed by atoms with van der Waals surface area (Å²) < 4.78 is 0. The fraction of sp³-hybridized carbons (Fsp3) is 0.545. The summed E-state index contributed by atoms with van der Waals surface area (Å²) in [5, 5.41) is 6.12. The van der Waals surface area contributed by atoms with Crippen LogP contribution in [0.3, 0.4) is 0 Å². The van der Waals surface area contributed by atoms with E-state index in [1.165, 1.54) is 16.7 Å². The second kappa shape index (κ2) is 5.88. The van der Waals surface area contributed by atoms with Crippen LogP contribution in [0.25, 0.3) is 0 Å². The lowest BCUT2D eigenvalue weighted by Crippen LogP contribution is -2.31. The van der Waals surface area contributed by atoms with E-state index in [-0.39, 0.29) is 5.91 Å². The van der Waals surface area contributed by atoms with E-state index in [0.717, 1.165) is 6.54 Å². The molecule has 0 saturated heterocycles. The molecule has 15 heavy (non-hydrogen) atoms. The van der Waals surface area contributed by atoms with Crippen molar-refractivity contribution in [3.05, 3.63) is 21.9 Å². The molecule has 1 atom stereocenters. The van der Waals surface area contributed by atoms with Crippen molar-refractivity contribution in [2.24, 2.45) is 0 Å². The van der Waals surface area contributed by atoms with Crippen LogP contribution < -0.4 is 10.6 Å². The first-order valence-corrected chi connectivity index (χ1v) is 5.95. The molecule has 0 spiro atoms. The van der Waals surface area contributed by atoms with Crippen LogP contribution in [0.4, 0.5) is 0 Å². The molecular formula is C11H18N2OS. The Morgan fingerprint density at radius 1 is 1.47 bits per heavy atom. The van der Waals surface area contributed by atoms with E-state index < -0.39 is 0 Å². The van der Waals surface area contributed by atoms with Crippen LogP contribution in [0.1, 0.15) is 29.6 Å². The summed E-state index contributed by atoms with van der Waals surface area (Å²) in [5.74, 6) is 0.0245. The molecule has 0 fully saturated rings. The molecule has 1 heterocycles. The third kappa shape index (κ3) is 4.44. The summed E-state index contributed by atoms with van der Waals surface area (Å²) in [6.45, 7) is 7.27. The predicted octanol–water partition coefficient (Wildman–Crippen LogP) is 1.84. The number of nitrogens with one attached hydrogen (secondary N) is 2. The van der Waals surface area contributed by atoms with Crippen molar-refractivity contribution in [1.29, 1.82) is 0 Å². The van der Waals surface area contributed by atoms with Crippen molar-refractivity contribution in [3.63, 3.8) is 0 Å². The van der Waals surface area contributed by atoms with Crippen molar-refractivity contribution in [1.82, 2.24) is 10.6 Å². The van der Waals surface area contributed by atoms with Gasteiger partial charge in [-0.2, -0.15) is 0 Å². The van der Waals surface area contributed by atoms with Gasteiger partial charge in [0, 0.05) is 35.8 Å². The first-order chi connectivity index (χ1) is 7.09. The molecule has 0 aliphatic carbocycles. The molecule has 1 amide bonds. The van der Waals surface area contributed by atoms with Crippen molar-refractivity contribution in [2.45, 2.75) is 26.8 Å². The van der Waals surface area contributed by atoms with Gasteiger partial charge in [-0.3, -0.25) is 4.79 Å². The first kappa shape index (κ1) is 12.2. The lowest BCUT2D eigenvalue weighted by molar-refractivity contribution is -0.118. The SMILES string of the molecule is CC(=O)NCCNC(C)c1ccc(C)s1. The quantitative estimate of drug-likeness (QED) is 0.752. The van der Waals surface area contributed by atoms with Gasteiger partial charge in [-0.05, 0) is 26.0 Å². The fourth-order valence-corrected chi connectivity index (χ4v) is 2.22. The van der Waals surface area contributed by atoms with Gasteiger partial charge in [-0.1, -0.05) is 0 Å². The van der Waals surface area contributed by atoms with Gasteiger partial charge in [0.1, 0.15) is 0 Å². The average Bonchev–Trinajstić information content (AvgIpc) is 2.59. The second-order valence-electron chi connectivity index (χ2n) is 3.61. The number of aryl methyl sites for hydroxylation is 1. The molecule has 0 aromatic carbocycles. The first-order valence-electron chi connectivity index (χ1n) is 5.13. The lowest BCUT2D eigenvalue weighted by atomic mass is 10.3. The van der Waals surface area contributed by atoms with Crippen LogP contribution in [0.5, 0.6) is 0 Å². The molecule has 0 bridgehead atoms. The van der Waals surface area contributed by atoms with Crippen LogP contribution in [-0.4, -0.2) is 19.0 Å². The summed E-state index contributed by atoms with van der Waals surface area (Å²) in [6, 6.07) is 4.64. The minimum atomic E-state index is 0.0245. The standard InChI is InChI=1S/C11H18N2OS/c1-8-4-5-11(15-8)9(2)12-6-7-13-10(3)14/h4-5,9,12H,6-7H2,1-3H3,(H,13,14). The van der Waals surface area contributed by atoms with Gasteiger partial charge in [0.2, 0.25) is 5.91 Å². The predicted molar refractivity (Wildman–Crippen MR) is 64.2 cm³/mol. The van der Waals surface area contributed by atoms with Gasteiger partial charge in [0.15, 0.2) is 0 Å². The Labute approximate surface area is 94.9 Å². The van der Waals surface area contributed by atoms with Crippen LogP contribution in [-0.2, 0) is 4.79 Å². The highest BCUT2D eigenvalue weighted by Gasteiger charge is 2.05. The molecular weight excluding hydrogens is 208 g/mol. The summed E-state index contributed by atoms with van der Waals surface area (Å²) in [6.07, 6.45) is 0. The average molecular weight is 226 g/mol. The summed E-state index contributed by atoms with van der Waals surface area (Å²) in [7, 11) is 0. The summed E-state index contributed by atoms with van der Waals surface area (Å²) >= 11 is 1.81. The maximum absolute atomic E-state index is 10.6. The monoisotopic (exact) mass is 226 g/mol. The molecule has 0 saturated carbocycles. The van der Waals surface area contributed by atoms with Crippen molar-refractivity contribution < 1.29 is 4.79 Å². The maximum atomic E-state index is 10.6. The van der Waals surface area contributed by atoms with E-state index >= 15 is 0 Å². The fourth-order valence-electron chi connectivity index (χ4n) is 1.31. The minimum absolute atomic E-state index is 0.0245. The molecule has 1 unspecified atom stereocenters. The van der Waals surface area contributed by atoms with Gasteiger partial charge in [0.05, 0.1) is 0 Å². The highest BCUT2D eigenvalue weighted by atomic mass is 32.1. The largest absolute Gasteiger partial charge is 0.355 e. The van der Waals surface area contributed by atoms with Crippen LogP contribution >= 0.6 is 11.3 Å². The van der Waals surface area contributed by atoms with E-state index in [9.17, 15) is 4.79 Å². The van der Waals surface area contributed by atoms with E-state index in [1.54, 1.807) is 0 Å². The van der Waals surface area contributed by atoms with Gasteiger partial charge in [0.25, 0.3) is 0 Å². The summed E-state index contributed by atoms with van der Waals surface area (Å²) in [4.78, 5) is 13.3. The third-order valence-corrected chi connectivity index (χ3v) is 3.32. The van der Waals surface area contributed by atoms with E-state index in [4.69, 9.17) is 0 Å². The number of carbonyl (C=O) groups is 1. The van der Waals surface area contributed by atoms with Gasteiger partial charge >= 0.3 is 0 Å². The van der Waals surface area contributed by atoms with Crippen LogP contribution in [0.15, 0.2) is 12.1 Å². The highest BCUT2D eigenvalue weighted by molar-refractivity contribution is 7.12. The molecule has 1 rings (SSSR count). The molecule has 0 aliphatic heterocycles. The van der Waals surface area contributed by atoms with E-state index in [0.29, 0.717) is 12.6 Å². The Hall–Kier alpha value is -0.870. The van der Waals surface area contributed by atoms with Gasteiger partial charge < -0.3 is 10.6 Å². The second-order valence-corrected chi connectivity index (χ2v) is 4.93. The molecule has 4 heteroatoms. The highest BCUT2D eigenvalue weighted by Crippen LogP contribution is 2.21. The zero-order valence-electron chi connectivity index (χ0n) is 9.46. The normalized spacial score (nSPS) is 12.5. The van der Waals surface area contributed by atoms with Gasteiger partial charge in [-0.15, -0.1) is 11.3 Å². The molecule has 2 N–H and O–H groups in total. The number of carbonyl (C=O) groups excluding carboxylic acids is 1. The zero-order chi connectivity index (χ0) is 11.3. The minimum Gasteiger partial charge on any atom is -0.355 e. The molecule has 3 nitrogen and oxygen atoms in total. The lowest BCUT2D eigenvalue weighted by Gasteiger charge is -2.11. The van der Waals surface area contributed by atoms with Crippen LogP contribution in [0, 0.1) is 6.92 Å². The topological polar surface area (TPSA) is 41.1 Å². The molecule has 0 aliphatic rings. The number of hydrogen-bond acceptors (Lipinski definition) is 3. The van der Waals surface area contributed by atoms with E-state index in [2.05, 4.69) is 36.6 Å². The Morgan fingerprint density at radius 3 is 2.73 bits per heavy atom. The number of hydrogen-bond donors (Lipinski definition) is 2. The third-order valence-electron chi connectivity index (χ3n) is 2.14. The molecule has 1 aromatic heterocycles. The number of amides is 1. The Kier molecular flexibility index (Phi) is 4.78. The Balaban J connectivity index is 2.24. The number of thiophene rings is 1. The molecule has 1 aromatic rings.